The Kier molecular flexibility index (Phi) is 4.44. The Hall–Kier alpha value is -3.55. The van der Waals surface area contributed by atoms with Crippen LogP contribution >= 0.6 is 0 Å². The maximum atomic E-state index is 14.8. The Labute approximate surface area is 200 Å². The molecule has 1 unspecified atom stereocenters. The van der Waals surface area contributed by atoms with Crippen LogP contribution in [0.25, 0.3) is 27.7 Å². The van der Waals surface area contributed by atoms with Gasteiger partial charge in [0.1, 0.15) is 23.6 Å². The Bertz CT molecular complexity index is 1610. The smallest absolute Gasteiger partial charge is 0.408 e. The minimum absolute atomic E-state index is 0.0775. The molecular weight excluding hydrogens is 475 g/mol. The van der Waals surface area contributed by atoms with Crippen molar-refractivity contribution in [3.8, 4) is 17.0 Å². The summed E-state index contributed by atoms with van der Waals surface area (Å²) >= 11 is 0. The van der Waals surface area contributed by atoms with Crippen LogP contribution in [0.2, 0.25) is 0 Å². The van der Waals surface area contributed by atoms with E-state index >= 15 is 0 Å². The number of nitrogens with zero attached hydrogens (tertiary/aromatic N) is 7. The number of aromatic nitrogens is 6. The van der Waals surface area contributed by atoms with E-state index in [0.717, 1.165) is 4.68 Å². The number of rotatable bonds is 4. The summed E-state index contributed by atoms with van der Waals surface area (Å²) in [5.74, 6) is -3.54. The van der Waals surface area contributed by atoms with Gasteiger partial charge in [0, 0.05) is 22.4 Å². The quantitative estimate of drug-likeness (QED) is 0.436. The summed E-state index contributed by atoms with van der Waals surface area (Å²) in [4.78, 5) is 8.91. The van der Waals surface area contributed by atoms with Gasteiger partial charge in [0.15, 0.2) is 0 Å². The van der Waals surface area contributed by atoms with Gasteiger partial charge in [0.2, 0.25) is 11.5 Å². The number of benzene rings is 1. The zero-order chi connectivity index (χ0) is 28.3. The van der Waals surface area contributed by atoms with E-state index in [1.165, 1.54) is 29.8 Å². The number of methoxy groups -OCH3 is 1. The maximum Gasteiger partial charge on any atom is 0.408 e. The van der Waals surface area contributed by atoms with E-state index in [0.29, 0.717) is 16.0 Å². The lowest BCUT2D eigenvalue weighted by Crippen LogP contribution is -2.50. The average molecular weight is 500 g/mol. The second-order valence-electron chi connectivity index (χ2n) is 8.11. The number of likely N-dealkylation sites (tertiary alicyclic amines) is 1. The molecule has 4 aromatic rings. The molecular formula is C21H21F5N8O. The highest BCUT2D eigenvalue weighted by Crippen LogP contribution is 2.32. The molecule has 1 aliphatic heterocycles. The van der Waals surface area contributed by atoms with Gasteiger partial charge in [-0.3, -0.25) is 9.61 Å². The predicted octanol–water partition coefficient (Wildman–Crippen LogP) is 2.89. The van der Waals surface area contributed by atoms with Crippen molar-refractivity contribution in [2.24, 2.45) is 4.99 Å². The fourth-order valence-electron chi connectivity index (χ4n) is 4.03. The topological polar surface area (TPSA) is 88.6 Å². The summed E-state index contributed by atoms with van der Waals surface area (Å²) in [5.41, 5.74) is 1.07. The van der Waals surface area contributed by atoms with Gasteiger partial charge in [-0.15, -0.1) is 5.10 Å². The molecule has 1 fully saturated rings. The Morgan fingerprint density at radius 2 is 2.17 bits per heavy atom. The van der Waals surface area contributed by atoms with Gasteiger partial charge in [-0.2, -0.15) is 18.2 Å². The molecule has 5 rings (SSSR count). The maximum absolute atomic E-state index is 14.8. The molecule has 1 saturated heterocycles. The van der Waals surface area contributed by atoms with Gasteiger partial charge in [-0.1, -0.05) is 11.3 Å². The monoisotopic (exact) mass is 500 g/mol. The van der Waals surface area contributed by atoms with Gasteiger partial charge in [0.05, 0.1) is 20.5 Å². The van der Waals surface area contributed by atoms with Gasteiger partial charge >= 0.3 is 6.18 Å². The van der Waals surface area contributed by atoms with Crippen molar-refractivity contribution in [1.29, 1.82) is 0 Å². The van der Waals surface area contributed by atoms with Crippen LogP contribution in [0.3, 0.4) is 0 Å². The number of piperidine rings is 1. The van der Waals surface area contributed by atoms with Gasteiger partial charge in [-0.05, 0) is 37.2 Å². The van der Waals surface area contributed by atoms with E-state index in [-0.39, 0.29) is 47.2 Å². The molecule has 3 aromatic heterocycles. The molecule has 1 N–H and O–H groups in total. The van der Waals surface area contributed by atoms with E-state index in [1.54, 1.807) is 6.07 Å². The molecule has 0 saturated carbocycles. The Balaban J connectivity index is 1.57. The van der Waals surface area contributed by atoms with E-state index < -0.39 is 38.2 Å². The molecule has 1 atom stereocenters. The molecule has 14 heteroatoms. The van der Waals surface area contributed by atoms with Crippen LogP contribution in [0, 0.1) is 0 Å². The number of hydrogen-bond donors (Lipinski definition) is 1. The Morgan fingerprint density at radius 3 is 2.89 bits per heavy atom. The molecule has 1 aliphatic rings. The summed E-state index contributed by atoms with van der Waals surface area (Å²) < 4.78 is 106. The van der Waals surface area contributed by atoms with Crippen molar-refractivity contribution >= 4 is 16.6 Å². The number of hydrogen-bond acceptors (Lipinski definition) is 6. The lowest BCUT2D eigenvalue weighted by molar-refractivity contribution is -0.142. The van der Waals surface area contributed by atoms with Gasteiger partial charge in [0.25, 0.3) is 5.92 Å². The number of ether oxygens (including phenoxy) is 1. The largest absolute Gasteiger partial charge is 0.479 e. The first-order chi connectivity index (χ1) is 18.2. The first-order valence-corrected chi connectivity index (χ1v) is 10.4. The molecule has 1 aromatic carbocycles. The minimum Gasteiger partial charge on any atom is -0.479 e. The standard InChI is InChI=1S/C21H21F5N8O/c1-32-7-6-16(20(22,23)10-32)27-19-28-18(35-2)17-13(5-8-33(17)30-19)12-3-4-14-15(9-12)34(31-29-14)11-21(24,25)26/h3-5,8-9,16H,6-7,10-11H2,1-2H3,(H,27,30)/i1D3,8D. The molecule has 9 nitrogen and oxygen atoms in total. The van der Waals surface area contributed by atoms with E-state index in [9.17, 15) is 22.0 Å². The molecule has 0 spiro atoms. The number of fused-ring (bicyclic) bond motifs is 2. The van der Waals surface area contributed by atoms with Crippen LogP contribution in [0.15, 0.2) is 35.4 Å². The van der Waals surface area contributed by atoms with Crippen LogP contribution in [-0.2, 0) is 6.54 Å². The normalized spacial score (nSPS) is 21.7. The average Bonchev–Trinajstić information content (AvgIpc) is 3.38. The van der Waals surface area contributed by atoms with Crippen LogP contribution in [-0.4, -0.2) is 79.8 Å². The highest BCUT2D eigenvalue weighted by molar-refractivity contribution is 5.89. The molecule has 0 bridgehead atoms. The van der Waals surface area contributed by atoms with Crippen LogP contribution < -0.4 is 10.4 Å². The summed E-state index contributed by atoms with van der Waals surface area (Å²) in [6.45, 7) is -5.13. The van der Waals surface area contributed by atoms with Crippen LogP contribution in [0.1, 0.15) is 11.9 Å². The molecule has 4 heterocycles. The van der Waals surface area contributed by atoms with E-state index in [1.807, 2.05) is 0 Å². The summed E-state index contributed by atoms with van der Waals surface area (Å²) in [5, 5.41) is 10.0. The highest BCUT2D eigenvalue weighted by atomic mass is 19.4. The number of nitrogens with one attached hydrogen (secondary N) is 1. The molecule has 0 aliphatic carbocycles. The zero-order valence-electron chi connectivity index (χ0n) is 22.1. The van der Waals surface area contributed by atoms with E-state index in [4.69, 9.17) is 10.2 Å². The second-order valence-corrected chi connectivity index (χ2v) is 8.11. The number of alkyl halides is 5. The number of halogens is 5. The van der Waals surface area contributed by atoms with Crippen molar-refractivity contribution in [3.63, 3.8) is 0 Å². The number of H-pyrrole nitrogens is 1. The number of aromatic amines is 1. The summed E-state index contributed by atoms with van der Waals surface area (Å²) in [6, 6.07) is 4.34. The third-order valence-corrected chi connectivity index (χ3v) is 5.63. The fourth-order valence-corrected chi connectivity index (χ4v) is 4.03. The fraction of sp³-hybridized carbons (Fsp3) is 0.429. The van der Waals surface area contributed by atoms with E-state index in [2.05, 4.69) is 25.4 Å². The molecule has 0 amide bonds. The molecule has 186 valence electrons. The first-order valence-electron chi connectivity index (χ1n) is 12.4. The summed E-state index contributed by atoms with van der Waals surface area (Å²) in [7, 11) is 1.28. The van der Waals surface area contributed by atoms with Crippen molar-refractivity contribution in [2.75, 3.05) is 27.2 Å². The molecule has 35 heavy (non-hydrogen) atoms. The summed E-state index contributed by atoms with van der Waals surface area (Å²) in [6.07, 6.45) is -4.90. The van der Waals surface area contributed by atoms with Crippen molar-refractivity contribution in [2.45, 2.75) is 31.1 Å². The van der Waals surface area contributed by atoms with Crippen molar-refractivity contribution < 1.29 is 32.2 Å². The van der Waals surface area contributed by atoms with Crippen molar-refractivity contribution in [1.82, 2.24) is 34.5 Å². The first kappa shape index (κ1) is 18.7. The predicted molar refractivity (Wildman–Crippen MR) is 115 cm³/mol. The minimum atomic E-state index is -4.52. The van der Waals surface area contributed by atoms with Crippen LogP contribution in [0.5, 0.6) is 5.88 Å². The second kappa shape index (κ2) is 8.29. The van der Waals surface area contributed by atoms with Crippen molar-refractivity contribution in [3.05, 3.63) is 36.1 Å². The van der Waals surface area contributed by atoms with Crippen LogP contribution in [0.4, 0.5) is 22.0 Å². The Morgan fingerprint density at radius 1 is 1.34 bits per heavy atom. The third-order valence-electron chi connectivity index (χ3n) is 5.63. The third kappa shape index (κ3) is 4.45. The SMILES string of the molecule is [2H]c1cc(-c2ccc3nnn(CC(F)(F)F)c3c2)c2c(OC)nc(=NC3CCN(C([2H])([2H])[2H])CC3(F)F)[nH]n12. The highest BCUT2D eigenvalue weighted by Gasteiger charge is 2.43. The zero-order valence-corrected chi connectivity index (χ0v) is 18.1. The van der Waals surface area contributed by atoms with Gasteiger partial charge < -0.3 is 9.64 Å². The van der Waals surface area contributed by atoms with Gasteiger partial charge in [-0.25, -0.2) is 18.5 Å². The lowest BCUT2D eigenvalue weighted by atomic mass is 10.0. The molecule has 0 radical (unpaired) electrons. The lowest BCUT2D eigenvalue weighted by Gasteiger charge is -2.33.